The molecule has 1 aromatic carbocycles. The number of anilines is 1. The number of ether oxygens (including phenoxy) is 1. The highest BCUT2D eigenvalue weighted by atomic mass is 79.9. The predicted octanol–water partition coefficient (Wildman–Crippen LogP) is 3.76. The van der Waals surface area contributed by atoms with Crippen LogP contribution in [-0.4, -0.2) is 35.8 Å². The van der Waals surface area contributed by atoms with Gasteiger partial charge in [0.2, 0.25) is 0 Å². The number of fused-ring (bicyclic) bond motifs is 1. The maximum Gasteiger partial charge on any atom is 0.306 e. The number of carboxylic acid groups (broad SMARTS) is 1. The summed E-state index contributed by atoms with van der Waals surface area (Å²) in [5.41, 5.74) is 0.940. The van der Waals surface area contributed by atoms with E-state index in [0.717, 1.165) is 38.7 Å². The molecular weight excluding hydrogens is 368 g/mol. The van der Waals surface area contributed by atoms with Crippen molar-refractivity contribution < 1.29 is 14.6 Å². The number of aromatic nitrogens is 1. The third-order valence-electron chi connectivity index (χ3n) is 3.85. The lowest BCUT2D eigenvalue weighted by atomic mass is 9.98. The summed E-state index contributed by atoms with van der Waals surface area (Å²) in [4.78, 5) is 17.9. The summed E-state index contributed by atoms with van der Waals surface area (Å²) in [6.07, 6.45) is 1.36. The number of piperidine rings is 1. The van der Waals surface area contributed by atoms with Gasteiger partial charge in [-0.05, 0) is 41.8 Å². The van der Waals surface area contributed by atoms with E-state index < -0.39 is 5.97 Å². The Morgan fingerprint density at radius 3 is 2.86 bits per heavy atom. The molecule has 0 spiro atoms. The third kappa shape index (κ3) is 3.05. The monoisotopic (exact) mass is 384 g/mol. The molecule has 2 heterocycles. The van der Waals surface area contributed by atoms with Gasteiger partial charge in [0.25, 0.3) is 0 Å². The van der Waals surface area contributed by atoms with Crippen molar-refractivity contribution in [2.75, 3.05) is 24.6 Å². The van der Waals surface area contributed by atoms with E-state index >= 15 is 0 Å². The van der Waals surface area contributed by atoms with Crippen LogP contribution in [0.4, 0.5) is 5.13 Å². The van der Waals surface area contributed by atoms with Crippen LogP contribution in [0.15, 0.2) is 16.6 Å². The lowest BCUT2D eigenvalue weighted by Crippen LogP contribution is -2.36. The molecule has 2 aromatic rings. The maximum absolute atomic E-state index is 11.0. The average Bonchev–Trinajstić information content (AvgIpc) is 2.90. The first-order valence-corrected chi connectivity index (χ1v) is 8.90. The molecule has 22 heavy (non-hydrogen) atoms. The Labute approximate surface area is 141 Å². The van der Waals surface area contributed by atoms with Crippen LogP contribution in [0.2, 0.25) is 0 Å². The Hall–Kier alpha value is -1.34. The standard InChI is InChI=1S/C15H17BrN2O3S/c1-2-21-12-8-13-11(7-10(12)16)17-15(22-13)18-5-3-9(4-6-18)14(19)20/h7-9H,2-6H2,1H3,(H,19,20). The molecule has 0 radical (unpaired) electrons. The smallest absolute Gasteiger partial charge is 0.306 e. The van der Waals surface area contributed by atoms with E-state index in [0.29, 0.717) is 19.4 Å². The highest BCUT2D eigenvalue weighted by Crippen LogP contribution is 2.37. The summed E-state index contributed by atoms with van der Waals surface area (Å²) < 4.78 is 7.58. The Morgan fingerprint density at radius 1 is 1.50 bits per heavy atom. The van der Waals surface area contributed by atoms with Crippen LogP contribution in [0, 0.1) is 5.92 Å². The van der Waals surface area contributed by atoms with Crippen molar-refractivity contribution in [3.8, 4) is 5.75 Å². The van der Waals surface area contributed by atoms with Gasteiger partial charge in [0.05, 0.1) is 27.2 Å². The van der Waals surface area contributed by atoms with Crippen LogP contribution in [0.5, 0.6) is 5.75 Å². The summed E-state index contributed by atoms with van der Waals surface area (Å²) in [7, 11) is 0. The van der Waals surface area contributed by atoms with E-state index in [1.807, 2.05) is 19.1 Å². The van der Waals surface area contributed by atoms with Gasteiger partial charge in [-0.15, -0.1) is 0 Å². The van der Waals surface area contributed by atoms with Crippen LogP contribution in [0.3, 0.4) is 0 Å². The fourth-order valence-electron chi connectivity index (χ4n) is 2.64. The first kappa shape index (κ1) is 15.6. The maximum atomic E-state index is 11.0. The zero-order valence-electron chi connectivity index (χ0n) is 12.2. The molecule has 0 aliphatic carbocycles. The number of hydrogen-bond acceptors (Lipinski definition) is 5. The molecule has 0 unspecified atom stereocenters. The second kappa shape index (κ2) is 6.42. The topological polar surface area (TPSA) is 62.7 Å². The number of rotatable bonds is 4. The summed E-state index contributed by atoms with van der Waals surface area (Å²) >= 11 is 5.14. The minimum absolute atomic E-state index is 0.218. The van der Waals surface area contributed by atoms with Crippen LogP contribution in [0.1, 0.15) is 19.8 Å². The first-order valence-electron chi connectivity index (χ1n) is 7.29. The van der Waals surface area contributed by atoms with Crippen molar-refractivity contribution in [2.45, 2.75) is 19.8 Å². The van der Waals surface area contributed by atoms with Gasteiger partial charge in [-0.25, -0.2) is 4.98 Å². The van der Waals surface area contributed by atoms with Crippen molar-refractivity contribution in [3.63, 3.8) is 0 Å². The highest BCUT2D eigenvalue weighted by molar-refractivity contribution is 9.10. The molecule has 3 rings (SSSR count). The SMILES string of the molecule is CCOc1cc2sc(N3CCC(C(=O)O)CC3)nc2cc1Br. The van der Waals surface area contributed by atoms with Crippen LogP contribution in [-0.2, 0) is 4.79 Å². The molecule has 0 amide bonds. The Morgan fingerprint density at radius 2 is 2.23 bits per heavy atom. The summed E-state index contributed by atoms with van der Waals surface area (Å²) in [6.45, 7) is 4.08. The van der Waals surface area contributed by atoms with Crippen LogP contribution in [0.25, 0.3) is 10.2 Å². The van der Waals surface area contributed by atoms with Crippen molar-refractivity contribution in [3.05, 3.63) is 16.6 Å². The minimum atomic E-state index is -0.686. The number of aliphatic carboxylic acids is 1. The molecule has 1 aliphatic heterocycles. The number of carbonyl (C=O) groups is 1. The fraction of sp³-hybridized carbons (Fsp3) is 0.467. The Kier molecular flexibility index (Phi) is 4.54. The molecule has 0 saturated carbocycles. The normalized spacial score (nSPS) is 16.2. The number of thiazole rings is 1. The van der Waals surface area contributed by atoms with Crippen LogP contribution < -0.4 is 9.64 Å². The number of nitrogens with zero attached hydrogens (tertiary/aromatic N) is 2. The van der Waals surface area contributed by atoms with Crippen molar-refractivity contribution in [1.29, 1.82) is 0 Å². The van der Waals surface area contributed by atoms with E-state index in [-0.39, 0.29) is 5.92 Å². The van der Waals surface area contributed by atoms with Crippen molar-refractivity contribution in [1.82, 2.24) is 4.98 Å². The molecule has 0 bridgehead atoms. The molecule has 1 aromatic heterocycles. The molecular formula is C15H17BrN2O3S. The Balaban J connectivity index is 1.82. The van der Waals surface area contributed by atoms with Gasteiger partial charge in [0.1, 0.15) is 5.75 Å². The molecule has 1 N–H and O–H groups in total. The largest absolute Gasteiger partial charge is 0.493 e. The summed E-state index contributed by atoms with van der Waals surface area (Å²) in [5.74, 6) is -0.0756. The van der Waals surface area contributed by atoms with Gasteiger partial charge in [-0.2, -0.15) is 0 Å². The summed E-state index contributed by atoms with van der Waals surface area (Å²) in [6, 6.07) is 3.98. The molecule has 0 atom stereocenters. The van der Waals surface area contributed by atoms with Gasteiger partial charge < -0.3 is 14.7 Å². The van der Waals surface area contributed by atoms with Gasteiger partial charge in [-0.1, -0.05) is 11.3 Å². The number of hydrogen-bond donors (Lipinski definition) is 1. The van der Waals surface area contributed by atoms with Gasteiger partial charge >= 0.3 is 5.97 Å². The number of benzene rings is 1. The second-order valence-electron chi connectivity index (χ2n) is 5.28. The Bertz CT molecular complexity index is 695. The molecule has 1 aliphatic rings. The lowest BCUT2D eigenvalue weighted by molar-refractivity contribution is -0.142. The van der Waals surface area contributed by atoms with E-state index in [9.17, 15) is 4.79 Å². The molecule has 7 heteroatoms. The van der Waals surface area contributed by atoms with E-state index in [4.69, 9.17) is 9.84 Å². The van der Waals surface area contributed by atoms with Crippen LogP contribution >= 0.6 is 27.3 Å². The average molecular weight is 385 g/mol. The van der Waals surface area contributed by atoms with Gasteiger partial charge in [0, 0.05) is 19.2 Å². The van der Waals surface area contributed by atoms with Gasteiger partial charge in [-0.3, -0.25) is 4.79 Å². The van der Waals surface area contributed by atoms with Crippen molar-refractivity contribution in [2.24, 2.45) is 5.92 Å². The van der Waals surface area contributed by atoms with E-state index in [1.165, 1.54) is 0 Å². The predicted molar refractivity (Wildman–Crippen MR) is 91.1 cm³/mol. The zero-order chi connectivity index (χ0) is 15.7. The lowest BCUT2D eigenvalue weighted by Gasteiger charge is -2.29. The quantitative estimate of drug-likeness (QED) is 0.869. The highest BCUT2D eigenvalue weighted by Gasteiger charge is 2.26. The van der Waals surface area contributed by atoms with E-state index in [1.54, 1.807) is 11.3 Å². The fourth-order valence-corrected chi connectivity index (χ4v) is 4.11. The minimum Gasteiger partial charge on any atom is -0.493 e. The zero-order valence-corrected chi connectivity index (χ0v) is 14.6. The molecule has 5 nitrogen and oxygen atoms in total. The first-order chi connectivity index (χ1) is 10.6. The second-order valence-corrected chi connectivity index (χ2v) is 7.14. The van der Waals surface area contributed by atoms with Gasteiger partial charge in [0.15, 0.2) is 5.13 Å². The molecule has 118 valence electrons. The number of carboxylic acids is 1. The summed E-state index contributed by atoms with van der Waals surface area (Å²) in [5, 5.41) is 10.0. The molecule has 1 fully saturated rings. The molecule has 1 saturated heterocycles. The number of halogens is 1. The van der Waals surface area contributed by atoms with Crippen molar-refractivity contribution >= 4 is 48.6 Å². The van der Waals surface area contributed by atoms with E-state index in [2.05, 4.69) is 25.8 Å². The third-order valence-corrected chi connectivity index (χ3v) is 5.54.